The summed E-state index contributed by atoms with van der Waals surface area (Å²) in [5.41, 5.74) is 25.1. The van der Waals surface area contributed by atoms with E-state index in [0.717, 1.165) is 90.4 Å². The summed E-state index contributed by atoms with van der Waals surface area (Å²) in [4.78, 5) is 9.83. The molecule has 0 saturated heterocycles. The molecule has 6 nitrogen and oxygen atoms in total. The summed E-state index contributed by atoms with van der Waals surface area (Å²) in [5.74, 6) is 0. The molecule has 4 aromatic heterocycles. The van der Waals surface area contributed by atoms with Crippen LogP contribution in [0.4, 0.5) is 68.2 Å². The summed E-state index contributed by atoms with van der Waals surface area (Å²) < 4.78 is 5.04. The Bertz CT molecular complexity index is 5760. The maximum absolute atomic E-state index is 2.52. The molecule has 0 radical (unpaired) electrons. The van der Waals surface area contributed by atoms with Gasteiger partial charge in [-0.05, 0) is 158 Å². The Morgan fingerprint density at radius 3 is 0.880 bits per heavy atom. The van der Waals surface area contributed by atoms with Gasteiger partial charge in [-0.15, -0.1) is 0 Å². The lowest BCUT2D eigenvalue weighted by Crippen LogP contribution is -2.13. The Labute approximate surface area is 533 Å². The molecule has 0 saturated carbocycles. The van der Waals surface area contributed by atoms with Gasteiger partial charge in [0.1, 0.15) is 0 Å². The molecule has 0 fully saturated rings. The second-order valence-electron chi connectivity index (χ2n) is 24.0. The average molecular weight is 1180 g/mol. The van der Waals surface area contributed by atoms with Gasteiger partial charge in [0, 0.05) is 88.5 Å². The second kappa shape index (κ2) is 21.3. The standard InChI is InChI=1S/C86H60N6/c1-57-29-18-20-46-70(57)88(61-34-12-5-13-35-61)74-50-26-54-78-82(74)67-43-23-44-68-83-75(51-27-55-79(83)92(78)86(67)68)89(62-36-14-6-15-37-62)71-48-24-41-64(58(71)2)65-40-19-21-47-72(65)90(63-38-16-7-17-39-63)76-52-28-56-80-84(76)69-45-22-42-66-81-73(49-25-53-77(81)91(80)85(66)69)87(59-30-8-3-9-31-59)60-32-10-4-11-33-60/h3-56H,1-2H3. The zero-order valence-corrected chi connectivity index (χ0v) is 50.9. The van der Waals surface area contributed by atoms with E-state index in [1.54, 1.807) is 0 Å². The van der Waals surface area contributed by atoms with Gasteiger partial charge in [0.25, 0.3) is 0 Å². The fraction of sp³-hybridized carbons (Fsp3) is 0.0233. The van der Waals surface area contributed by atoms with Crippen molar-refractivity contribution in [2.75, 3.05) is 19.6 Å². The van der Waals surface area contributed by atoms with Gasteiger partial charge in [0.2, 0.25) is 0 Å². The summed E-state index contributed by atoms with van der Waals surface area (Å²) in [6, 6.07) is 120. The lowest BCUT2D eigenvalue weighted by Gasteiger charge is -2.31. The van der Waals surface area contributed by atoms with Crippen LogP contribution in [0.25, 0.3) is 87.3 Å². The van der Waals surface area contributed by atoms with Gasteiger partial charge in [-0.25, -0.2) is 0 Å². The van der Waals surface area contributed by atoms with Crippen molar-refractivity contribution in [3.05, 3.63) is 339 Å². The van der Waals surface area contributed by atoms with Crippen LogP contribution in [-0.4, -0.2) is 8.80 Å². The second-order valence-corrected chi connectivity index (χ2v) is 24.0. The molecule has 0 aliphatic carbocycles. The zero-order valence-electron chi connectivity index (χ0n) is 50.9. The number of hydrogen-bond acceptors (Lipinski definition) is 4. The normalized spacial score (nSPS) is 11.8. The molecule has 92 heavy (non-hydrogen) atoms. The van der Waals surface area contributed by atoms with E-state index in [2.05, 4.69) is 370 Å². The fourth-order valence-electron chi connectivity index (χ4n) is 15.2. The van der Waals surface area contributed by atoms with Crippen LogP contribution in [0.3, 0.4) is 0 Å². The van der Waals surface area contributed by atoms with Crippen molar-refractivity contribution in [3.8, 4) is 11.1 Å². The van der Waals surface area contributed by atoms with Crippen LogP contribution in [0.2, 0.25) is 0 Å². The molecule has 0 atom stereocenters. The minimum Gasteiger partial charge on any atom is -0.310 e. The van der Waals surface area contributed by atoms with E-state index in [1.165, 1.54) is 76.3 Å². The van der Waals surface area contributed by atoms with E-state index in [1.807, 2.05) is 0 Å². The van der Waals surface area contributed by atoms with Crippen molar-refractivity contribution in [3.63, 3.8) is 0 Å². The lowest BCUT2D eigenvalue weighted by molar-refractivity contribution is 1.25. The Kier molecular flexibility index (Phi) is 12.3. The van der Waals surface area contributed by atoms with Crippen molar-refractivity contribution in [1.29, 1.82) is 0 Å². The summed E-state index contributed by atoms with van der Waals surface area (Å²) in [5, 5.41) is 9.71. The van der Waals surface area contributed by atoms with Crippen LogP contribution >= 0.6 is 0 Å². The predicted molar refractivity (Wildman–Crippen MR) is 389 cm³/mol. The van der Waals surface area contributed by atoms with Crippen LogP contribution in [0.1, 0.15) is 11.1 Å². The number of nitrogens with zero attached hydrogens (tertiary/aromatic N) is 6. The van der Waals surface area contributed by atoms with Gasteiger partial charge < -0.3 is 28.4 Å². The van der Waals surface area contributed by atoms with E-state index < -0.39 is 0 Å². The minimum atomic E-state index is 1.07. The molecule has 18 aromatic rings. The number of para-hydroxylation sites is 9. The number of aryl methyl sites for hydroxylation is 1. The highest BCUT2D eigenvalue weighted by Crippen LogP contribution is 2.54. The highest BCUT2D eigenvalue weighted by Gasteiger charge is 2.30. The molecular weight excluding hydrogens is 1120 g/mol. The first-order chi connectivity index (χ1) is 45.6. The molecule has 434 valence electrons. The Hall–Kier alpha value is -12.1. The van der Waals surface area contributed by atoms with Crippen molar-refractivity contribution in [2.24, 2.45) is 0 Å². The summed E-state index contributed by atoms with van der Waals surface area (Å²) in [6.45, 7) is 4.52. The number of rotatable bonds is 13. The summed E-state index contributed by atoms with van der Waals surface area (Å²) >= 11 is 0. The van der Waals surface area contributed by atoms with Gasteiger partial charge in [-0.3, -0.25) is 0 Å². The van der Waals surface area contributed by atoms with E-state index in [0.29, 0.717) is 0 Å². The largest absolute Gasteiger partial charge is 0.310 e. The number of fused-ring (bicyclic) bond motifs is 12. The third-order valence-corrected chi connectivity index (χ3v) is 19.0. The summed E-state index contributed by atoms with van der Waals surface area (Å²) in [7, 11) is 0. The molecule has 4 heterocycles. The first-order valence-corrected chi connectivity index (χ1v) is 31.7. The van der Waals surface area contributed by atoms with Crippen molar-refractivity contribution < 1.29 is 0 Å². The monoisotopic (exact) mass is 1180 g/mol. The van der Waals surface area contributed by atoms with E-state index in [4.69, 9.17) is 0 Å². The maximum Gasteiger partial charge on any atom is 0.0622 e. The molecule has 0 N–H and O–H groups in total. The molecule has 0 unspecified atom stereocenters. The Morgan fingerprint density at radius 2 is 0.478 bits per heavy atom. The molecule has 0 aliphatic rings. The zero-order chi connectivity index (χ0) is 61.0. The minimum absolute atomic E-state index is 1.07. The molecule has 14 aromatic carbocycles. The van der Waals surface area contributed by atoms with Crippen molar-refractivity contribution in [1.82, 2.24) is 8.80 Å². The highest BCUT2D eigenvalue weighted by molar-refractivity contribution is 6.30. The maximum atomic E-state index is 2.52. The van der Waals surface area contributed by atoms with Gasteiger partial charge in [0.05, 0.1) is 61.5 Å². The third-order valence-electron chi connectivity index (χ3n) is 19.0. The number of benzene rings is 14. The highest BCUT2D eigenvalue weighted by atomic mass is 15.2. The van der Waals surface area contributed by atoms with Gasteiger partial charge in [-0.2, -0.15) is 0 Å². The first kappa shape index (κ1) is 53.0. The molecule has 0 spiro atoms. The topological polar surface area (TPSA) is 21.8 Å². The fourth-order valence-corrected chi connectivity index (χ4v) is 15.2. The van der Waals surface area contributed by atoms with E-state index in [-0.39, 0.29) is 0 Å². The van der Waals surface area contributed by atoms with Crippen LogP contribution < -0.4 is 19.6 Å². The molecule has 18 rings (SSSR count). The summed E-state index contributed by atoms with van der Waals surface area (Å²) in [6.07, 6.45) is 0. The smallest absolute Gasteiger partial charge is 0.0622 e. The van der Waals surface area contributed by atoms with Gasteiger partial charge in [0.15, 0.2) is 0 Å². The quantitative estimate of drug-likeness (QED) is 0.115. The molecule has 0 amide bonds. The third kappa shape index (κ3) is 8.00. The van der Waals surface area contributed by atoms with Crippen LogP contribution in [-0.2, 0) is 0 Å². The van der Waals surface area contributed by atoms with Crippen molar-refractivity contribution >= 4 is 144 Å². The van der Waals surface area contributed by atoms with Gasteiger partial charge in [-0.1, -0.05) is 200 Å². The van der Waals surface area contributed by atoms with Gasteiger partial charge >= 0.3 is 0 Å². The lowest BCUT2D eigenvalue weighted by atomic mass is 9.95. The molecule has 0 aliphatic heterocycles. The number of aromatic nitrogens is 2. The van der Waals surface area contributed by atoms with E-state index >= 15 is 0 Å². The van der Waals surface area contributed by atoms with E-state index in [9.17, 15) is 0 Å². The van der Waals surface area contributed by atoms with Crippen LogP contribution in [0.15, 0.2) is 328 Å². The first-order valence-electron chi connectivity index (χ1n) is 31.7. The van der Waals surface area contributed by atoms with Crippen LogP contribution in [0, 0.1) is 13.8 Å². The predicted octanol–water partition coefficient (Wildman–Crippen LogP) is 24.1. The molecule has 0 bridgehead atoms. The van der Waals surface area contributed by atoms with Crippen molar-refractivity contribution in [2.45, 2.75) is 13.8 Å². The molecule has 6 heteroatoms. The number of hydrogen-bond donors (Lipinski definition) is 0. The Balaban J connectivity index is 0.815. The number of anilines is 12. The Morgan fingerprint density at radius 1 is 0.207 bits per heavy atom. The SMILES string of the molecule is Cc1ccccc1N(c1ccccc1)c1cccc2c1c1cccc3c4c(N(c5ccccc5)c5cccc(-c6ccccc6N(c6ccccc6)c6cccc7c6c6cccc8c9c(N(c%10ccccc%10)c%10ccccc%10)cccc9n7c86)c5C)cccc4n2c13. The molecular formula is C86H60N6. The average Bonchev–Trinajstić information content (AvgIpc) is 1.54. The van der Waals surface area contributed by atoms with Crippen LogP contribution in [0.5, 0.6) is 0 Å².